The minimum atomic E-state index is -3.31. The Balaban J connectivity index is 1.87. The lowest BCUT2D eigenvalue weighted by Crippen LogP contribution is -2.31. The zero-order chi connectivity index (χ0) is 14.3. The second-order valence-corrected chi connectivity index (χ2v) is 7.78. The molecule has 2 aliphatic rings. The molecule has 0 amide bonds. The van der Waals surface area contributed by atoms with Crippen LogP contribution in [0.2, 0.25) is 0 Å². The van der Waals surface area contributed by atoms with Crippen LogP contribution in [0.3, 0.4) is 0 Å². The van der Waals surface area contributed by atoms with Crippen LogP contribution in [0.5, 0.6) is 0 Å². The van der Waals surface area contributed by atoms with E-state index in [1.54, 1.807) is 5.01 Å². The van der Waals surface area contributed by atoms with Crippen molar-refractivity contribution in [3.63, 3.8) is 0 Å². The molecule has 0 atom stereocenters. The summed E-state index contributed by atoms with van der Waals surface area (Å²) in [6.07, 6.45) is 0. The van der Waals surface area contributed by atoms with E-state index >= 15 is 0 Å². The Labute approximate surface area is 122 Å². The van der Waals surface area contributed by atoms with Gasteiger partial charge in [0.25, 0.3) is 10.0 Å². The van der Waals surface area contributed by atoms with Crippen molar-refractivity contribution < 1.29 is 8.42 Å². The van der Waals surface area contributed by atoms with Gasteiger partial charge in [-0.2, -0.15) is 5.10 Å². The highest BCUT2D eigenvalue weighted by Gasteiger charge is 2.31. The fraction of sp³-hybridized carbons (Fsp3) is 0.385. The van der Waals surface area contributed by atoms with Crippen LogP contribution in [0.4, 0.5) is 0 Å². The molecule has 2 aliphatic heterocycles. The van der Waals surface area contributed by atoms with E-state index < -0.39 is 10.0 Å². The molecule has 3 rings (SSSR count). The van der Waals surface area contributed by atoms with Gasteiger partial charge in [0.15, 0.2) is 0 Å². The standard InChI is InChI=1S/C13H15N3O2S2/c1-9(2)10-3-5-11(6-4-10)12-14-16-7-8-20(17,18)15-13(16)19-12/h3-6,9H,7-8H2,1-2H3. The van der Waals surface area contributed by atoms with Gasteiger partial charge in [-0.25, -0.2) is 13.4 Å². The first-order valence-corrected chi connectivity index (χ1v) is 8.84. The molecule has 0 spiro atoms. The number of hydrogen-bond acceptors (Lipinski definition) is 5. The molecule has 0 saturated heterocycles. The van der Waals surface area contributed by atoms with Gasteiger partial charge in [-0.3, -0.25) is 0 Å². The van der Waals surface area contributed by atoms with Crippen molar-refractivity contribution in [3.8, 4) is 0 Å². The van der Waals surface area contributed by atoms with Crippen LogP contribution in [0.25, 0.3) is 0 Å². The lowest BCUT2D eigenvalue weighted by atomic mass is 10.0. The number of fused-ring (bicyclic) bond motifs is 1. The minimum absolute atomic E-state index is 0.0279. The van der Waals surface area contributed by atoms with E-state index in [1.165, 1.54) is 17.3 Å². The first-order valence-electron chi connectivity index (χ1n) is 6.41. The van der Waals surface area contributed by atoms with E-state index in [1.807, 2.05) is 12.1 Å². The Hall–Kier alpha value is -1.34. The largest absolute Gasteiger partial charge is 0.257 e. The summed E-state index contributed by atoms with van der Waals surface area (Å²) in [6, 6.07) is 8.21. The Morgan fingerprint density at radius 1 is 1.25 bits per heavy atom. The van der Waals surface area contributed by atoms with Crippen molar-refractivity contribution in [2.75, 3.05) is 12.3 Å². The minimum Gasteiger partial charge on any atom is -0.239 e. The van der Waals surface area contributed by atoms with Crippen molar-refractivity contribution >= 4 is 32.0 Å². The third-order valence-electron chi connectivity index (χ3n) is 3.22. The van der Waals surface area contributed by atoms with E-state index in [4.69, 9.17) is 0 Å². The first kappa shape index (κ1) is 13.6. The maximum atomic E-state index is 11.5. The van der Waals surface area contributed by atoms with E-state index in [2.05, 4.69) is 35.5 Å². The summed E-state index contributed by atoms with van der Waals surface area (Å²) in [4.78, 5) is 0. The highest BCUT2D eigenvalue weighted by atomic mass is 32.2. The van der Waals surface area contributed by atoms with Gasteiger partial charge in [0.2, 0.25) is 5.17 Å². The predicted molar refractivity (Wildman–Crippen MR) is 82.6 cm³/mol. The molecule has 0 saturated carbocycles. The number of sulfonamides is 1. The van der Waals surface area contributed by atoms with Gasteiger partial charge in [-0.15, -0.1) is 4.40 Å². The number of rotatable bonds is 2. The molecular weight excluding hydrogens is 294 g/mol. The van der Waals surface area contributed by atoms with Gasteiger partial charge < -0.3 is 0 Å². The fourth-order valence-electron chi connectivity index (χ4n) is 2.02. The molecule has 0 aliphatic carbocycles. The molecular formula is C13H15N3O2S2. The molecule has 1 aromatic rings. The van der Waals surface area contributed by atoms with E-state index in [9.17, 15) is 8.42 Å². The lowest BCUT2D eigenvalue weighted by Gasteiger charge is -2.17. The zero-order valence-electron chi connectivity index (χ0n) is 11.3. The van der Waals surface area contributed by atoms with Crippen LogP contribution in [0.15, 0.2) is 33.8 Å². The Bertz CT molecular complexity index is 691. The summed E-state index contributed by atoms with van der Waals surface area (Å²) < 4.78 is 26.7. The van der Waals surface area contributed by atoms with Crippen molar-refractivity contribution in [2.45, 2.75) is 19.8 Å². The Kier molecular flexibility index (Phi) is 3.33. The predicted octanol–water partition coefficient (Wildman–Crippen LogP) is 2.22. The topological polar surface area (TPSA) is 62.1 Å². The van der Waals surface area contributed by atoms with Crippen molar-refractivity contribution in [3.05, 3.63) is 35.4 Å². The van der Waals surface area contributed by atoms with Crippen molar-refractivity contribution in [2.24, 2.45) is 9.50 Å². The third kappa shape index (κ3) is 2.60. The lowest BCUT2D eigenvalue weighted by molar-refractivity contribution is 0.474. The summed E-state index contributed by atoms with van der Waals surface area (Å²) in [5, 5.41) is 7.36. The highest BCUT2D eigenvalue weighted by molar-refractivity contribution is 8.27. The molecule has 1 aromatic carbocycles. The molecule has 7 heteroatoms. The summed E-state index contributed by atoms with van der Waals surface area (Å²) in [5.74, 6) is 0.517. The van der Waals surface area contributed by atoms with E-state index in [-0.39, 0.29) is 5.75 Å². The molecule has 20 heavy (non-hydrogen) atoms. The second kappa shape index (κ2) is 4.89. The number of hydrazone groups is 1. The average molecular weight is 309 g/mol. The number of thioether (sulfide) groups is 1. The molecule has 0 N–H and O–H groups in total. The number of benzene rings is 1. The van der Waals surface area contributed by atoms with Gasteiger partial charge in [0.05, 0.1) is 12.3 Å². The molecule has 5 nitrogen and oxygen atoms in total. The maximum Gasteiger partial charge on any atom is 0.257 e. The maximum absolute atomic E-state index is 11.5. The molecule has 0 bridgehead atoms. The van der Waals surface area contributed by atoms with Crippen LogP contribution >= 0.6 is 11.8 Å². The summed E-state index contributed by atoms with van der Waals surface area (Å²) >= 11 is 1.31. The highest BCUT2D eigenvalue weighted by Crippen LogP contribution is 2.29. The van der Waals surface area contributed by atoms with Crippen LogP contribution in [-0.4, -0.2) is 35.9 Å². The molecule has 0 aromatic heterocycles. The van der Waals surface area contributed by atoms with Gasteiger partial charge in [0, 0.05) is 5.56 Å². The number of hydrogen-bond donors (Lipinski definition) is 0. The first-order chi connectivity index (χ1) is 9.44. The quantitative estimate of drug-likeness (QED) is 0.840. The van der Waals surface area contributed by atoms with Crippen LogP contribution in [0.1, 0.15) is 30.9 Å². The second-order valence-electron chi connectivity index (χ2n) is 5.07. The monoisotopic (exact) mass is 309 g/mol. The fourth-order valence-corrected chi connectivity index (χ4v) is 4.14. The Morgan fingerprint density at radius 3 is 2.60 bits per heavy atom. The summed E-state index contributed by atoms with van der Waals surface area (Å²) in [7, 11) is -3.31. The van der Waals surface area contributed by atoms with Crippen molar-refractivity contribution in [1.82, 2.24) is 5.01 Å². The van der Waals surface area contributed by atoms with E-state index in [0.29, 0.717) is 17.6 Å². The number of nitrogens with zero attached hydrogens (tertiary/aromatic N) is 3. The molecule has 2 heterocycles. The van der Waals surface area contributed by atoms with Gasteiger partial charge in [0.1, 0.15) is 5.04 Å². The molecule has 0 radical (unpaired) electrons. The normalized spacial score (nSPS) is 20.6. The average Bonchev–Trinajstić information content (AvgIpc) is 2.80. The summed E-state index contributed by atoms with van der Waals surface area (Å²) in [5.41, 5.74) is 2.27. The number of amidine groups is 1. The van der Waals surface area contributed by atoms with Gasteiger partial charge in [-0.05, 0) is 23.2 Å². The molecule has 0 unspecified atom stereocenters. The van der Waals surface area contributed by atoms with E-state index in [0.717, 1.165) is 10.6 Å². The third-order valence-corrected chi connectivity index (χ3v) is 5.48. The molecule has 106 valence electrons. The van der Waals surface area contributed by atoms with Crippen LogP contribution < -0.4 is 0 Å². The van der Waals surface area contributed by atoms with Crippen LogP contribution in [0, 0.1) is 0 Å². The smallest absolute Gasteiger partial charge is 0.239 e. The van der Waals surface area contributed by atoms with Crippen molar-refractivity contribution in [1.29, 1.82) is 0 Å². The van der Waals surface area contributed by atoms with Crippen LogP contribution in [-0.2, 0) is 10.0 Å². The zero-order valence-corrected chi connectivity index (χ0v) is 12.9. The Morgan fingerprint density at radius 2 is 1.95 bits per heavy atom. The summed E-state index contributed by atoms with van der Waals surface area (Å²) in [6.45, 7) is 4.68. The van der Waals surface area contributed by atoms with Gasteiger partial charge >= 0.3 is 0 Å². The SMILES string of the molecule is CC(C)c1ccc(C2=NN3CCS(=O)(=O)N=C3S2)cc1. The molecule has 0 fully saturated rings. The van der Waals surface area contributed by atoms with Gasteiger partial charge in [-0.1, -0.05) is 38.1 Å².